The maximum Gasteiger partial charge on any atom is 0.260 e. The van der Waals surface area contributed by atoms with Crippen molar-refractivity contribution in [2.45, 2.75) is 45.6 Å². The fourth-order valence-corrected chi connectivity index (χ4v) is 4.03. The summed E-state index contributed by atoms with van der Waals surface area (Å²) in [6.45, 7) is 9.83. The van der Waals surface area contributed by atoms with Gasteiger partial charge in [0.05, 0.1) is 13.2 Å². The number of aryl methyl sites for hydroxylation is 2. The normalized spacial score (nSPS) is 21.6. The monoisotopic (exact) mass is 360 g/mol. The van der Waals surface area contributed by atoms with E-state index in [-0.39, 0.29) is 12.5 Å². The lowest BCUT2D eigenvalue weighted by Crippen LogP contribution is -2.47. The second kappa shape index (κ2) is 9.38. The van der Waals surface area contributed by atoms with Gasteiger partial charge in [0.25, 0.3) is 5.91 Å². The molecule has 2 aliphatic heterocycles. The maximum absolute atomic E-state index is 12.8. The van der Waals surface area contributed by atoms with E-state index in [9.17, 15) is 4.79 Å². The summed E-state index contributed by atoms with van der Waals surface area (Å²) in [4.78, 5) is 17.3. The van der Waals surface area contributed by atoms with Crippen molar-refractivity contribution in [1.29, 1.82) is 0 Å². The fraction of sp³-hybridized carbons (Fsp3) is 0.667. The van der Waals surface area contributed by atoms with Crippen LogP contribution >= 0.6 is 0 Å². The zero-order valence-electron chi connectivity index (χ0n) is 16.2. The van der Waals surface area contributed by atoms with Gasteiger partial charge in [-0.2, -0.15) is 0 Å². The molecule has 0 bridgehead atoms. The first-order chi connectivity index (χ1) is 12.6. The molecule has 0 saturated carbocycles. The number of amides is 1. The minimum absolute atomic E-state index is 0.121. The van der Waals surface area contributed by atoms with Gasteiger partial charge in [0.1, 0.15) is 5.75 Å². The van der Waals surface area contributed by atoms with Crippen molar-refractivity contribution in [2.24, 2.45) is 0 Å². The first-order valence-corrected chi connectivity index (χ1v) is 9.92. The Kier molecular flexibility index (Phi) is 6.92. The molecule has 5 heteroatoms. The summed E-state index contributed by atoms with van der Waals surface area (Å²) < 4.78 is 11.2. The average Bonchev–Trinajstić information content (AvgIpc) is 2.65. The quantitative estimate of drug-likeness (QED) is 0.782. The highest BCUT2D eigenvalue weighted by molar-refractivity contribution is 5.78. The Morgan fingerprint density at radius 2 is 1.85 bits per heavy atom. The van der Waals surface area contributed by atoms with Crippen molar-refractivity contribution in [3.63, 3.8) is 0 Å². The number of hydrogen-bond acceptors (Lipinski definition) is 4. The van der Waals surface area contributed by atoms with Crippen LogP contribution in [-0.4, -0.2) is 67.7 Å². The molecule has 3 rings (SSSR count). The molecule has 0 radical (unpaired) electrons. The predicted molar refractivity (Wildman–Crippen MR) is 103 cm³/mol. The van der Waals surface area contributed by atoms with Crippen LogP contribution in [0.25, 0.3) is 0 Å². The summed E-state index contributed by atoms with van der Waals surface area (Å²) in [5.74, 6) is 0.911. The second-order valence-electron chi connectivity index (χ2n) is 7.59. The van der Waals surface area contributed by atoms with Gasteiger partial charge in [-0.1, -0.05) is 6.07 Å². The maximum atomic E-state index is 12.8. The Morgan fingerprint density at radius 3 is 2.58 bits per heavy atom. The lowest BCUT2D eigenvalue weighted by atomic mass is 9.99. The van der Waals surface area contributed by atoms with Crippen LogP contribution < -0.4 is 4.74 Å². The van der Waals surface area contributed by atoms with Gasteiger partial charge in [-0.15, -0.1) is 0 Å². The SMILES string of the molecule is Cc1cc(C)cc(OCC(=O)N2CCCC[C@@H]2CCN2CCOCC2)c1. The third-order valence-electron chi connectivity index (χ3n) is 5.39. The zero-order valence-corrected chi connectivity index (χ0v) is 16.2. The van der Waals surface area contributed by atoms with Crippen LogP contribution in [0.2, 0.25) is 0 Å². The Labute approximate surface area is 157 Å². The van der Waals surface area contributed by atoms with E-state index < -0.39 is 0 Å². The second-order valence-corrected chi connectivity index (χ2v) is 7.59. The van der Waals surface area contributed by atoms with E-state index in [1.54, 1.807) is 0 Å². The summed E-state index contributed by atoms with van der Waals surface area (Å²) in [7, 11) is 0. The van der Waals surface area contributed by atoms with Gasteiger partial charge in [0, 0.05) is 32.2 Å². The zero-order chi connectivity index (χ0) is 18.4. The van der Waals surface area contributed by atoms with Crippen LogP contribution in [0.4, 0.5) is 0 Å². The Hall–Kier alpha value is -1.59. The number of rotatable bonds is 6. The molecule has 1 atom stereocenters. The number of hydrogen-bond donors (Lipinski definition) is 0. The first-order valence-electron chi connectivity index (χ1n) is 9.92. The number of likely N-dealkylation sites (tertiary alicyclic amines) is 1. The Balaban J connectivity index is 1.51. The van der Waals surface area contributed by atoms with Gasteiger partial charge in [0.15, 0.2) is 6.61 Å². The van der Waals surface area contributed by atoms with E-state index in [1.165, 1.54) is 6.42 Å². The highest BCUT2D eigenvalue weighted by Crippen LogP contribution is 2.21. The van der Waals surface area contributed by atoms with E-state index in [0.717, 1.165) is 75.5 Å². The molecule has 1 aromatic rings. The van der Waals surface area contributed by atoms with Crippen LogP contribution in [0, 0.1) is 13.8 Å². The van der Waals surface area contributed by atoms with Gasteiger partial charge in [-0.25, -0.2) is 0 Å². The van der Waals surface area contributed by atoms with Crippen molar-refractivity contribution >= 4 is 5.91 Å². The molecule has 5 nitrogen and oxygen atoms in total. The molecule has 0 N–H and O–H groups in total. The van der Waals surface area contributed by atoms with Gasteiger partial charge >= 0.3 is 0 Å². The molecule has 0 spiro atoms. The van der Waals surface area contributed by atoms with Gasteiger partial charge in [0.2, 0.25) is 0 Å². The smallest absolute Gasteiger partial charge is 0.260 e. The van der Waals surface area contributed by atoms with Gasteiger partial charge in [-0.05, 0) is 62.8 Å². The summed E-state index contributed by atoms with van der Waals surface area (Å²) in [5.41, 5.74) is 2.32. The summed E-state index contributed by atoms with van der Waals surface area (Å²) in [5, 5.41) is 0. The number of ether oxygens (including phenoxy) is 2. The standard InChI is InChI=1S/C21H32N2O3/c1-17-13-18(2)15-20(14-17)26-16-21(24)23-7-4-3-5-19(23)6-8-22-9-11-25-12-10-22/h13-15,19H,3-12,16H2,1-2H3/t19-/m1/s1. The molecular weight excluding hydrogens is 328 g/mol. The molecule has 0 unspecified atom stereocenters. The van der Waals surface area contributed by atoms with E-state index in [0.29, 0.717) is 6.04 Å². The lowest BCUT2D eigenvalue weighted by Gasteiger charge is -2.37. The van der Waals surface area contributed by atoms with E-state index in [2.05, 4.69) is 15.9 Å². The van der Waals surface area contributed by atoms with E-state index in [1.807, 2.05) is 26.0 Å². The number of carbonyl (C=O) groups is 1. The van der Waals surface area contributed by atoms with Crippen molar-refractivity contribution in [3.8, 4) is 5.75 Å². The summed E-state index contributed by atoms with van der Waals surface area (Å²) in [6, 6.07) is 6.45. The molecular formula is C21H32N2O3. The molecule has 0 aromatic heterocycles. The van der Waals surface area contributed by atoms with E-state index >= 15 is 0 Å². The Bertz CT molecular complexity index is 579. The predicted octanol–water partition coefficient (Wildman–Crippen LogP) is 2.79. The number of piperidine rings is 1. The van der Waals surface area contributed by atoms with Crippen LogP contribution in [0.1, 0.15) is 36.8 Å². The topological polar surface area (TPSA) is 42.0 Å². The highest BCUT2D eigenvalue weighted by Gasteiger charge is 2.27. The molecule has 2 aliphatic rings. The van der Waals surface area contributed by atoms with E-state index in [4.69, 9.17) is 9.47 Å². The Morgan fingerprint density at radius 1 is 1.12 bits per heavy atom. The molecule has 1 aromatic carbocycles. The average molecular weight is 360 g/mol. The molecule has 2 saturated heterocycles. The minimum Gasteiger partial charge on any atom is -0.484 e. The van der Waals surface area contributed by atoms with Crippen molar-refractivity contribution in [1.82, 2.24) is 9.80 Å². The number of benzene rings is 1. The number of nitrogens with zero attached hydrogens (tertiary/aromatic N) is 2. The first kappa shape index (κ1) is 19.2. The van der Waals surface area contributed by atoms with Gasteiger partial charge in [-0.3, -0.25) is 9.69 Å². The molecule has 2 heterocycles. The summed E-state index contributed by atoms with van der Waals surface area (Å²) >= 11 is 0. The third kappa shape index (κ3) is 5.45. The lowest BCUT2D eigenvalue weighted by molar-refractivity contribution is -0.137. The van der Waals surface area contributed by atoms with Crippen molar-refractivity contribution in [3.05, 3.63) is 29.3 Å². The molecule has 1 amide bonds. The third-order valence-corrected chi connectivity index (χ3v) is 5.39. The van der Waals surface area contributed by atoms with Crippen LogP contribution in [0.5, 0.6) is 5.75 Å². The fourth-order valence-electron chi connectivity index (χ4n) is 4.03. The van der Waals surface area contributed by atoms with Crippen molar-refractivity contribution < 1.29 is 14.3 Å². The summed E-state index contributed by atoms with van der Waals surface area (Å²) in [6.07, 6.45) is 4.48. The van der Waals surface area contributed by atoms with Crippen LogP contribution in [0.3, 0.4) is 0 Å². The molecule has 2 fully saturated rings. The minimum atomic E-state index is 0.121. The molecule has 26 heavy (non-hydrogen) atoms. The highest BCUT2D eigenvalue weighted by atomic mass is 16.5. The largest absolute Gasteiger partial charge is 0.484 e. The van der Waals surface area contributed by atoms with Crippen LogP contribution in [0.15, 0.2) is 18.2 Å². The number of carbonyl (C=O) groups excluding carboxylic acids is 1. The number of morpholine rings is 1. The molecule has 144 valence electrons. The van der Waals surface area contributed by atoms with Crippen molar-refractivity contribution in [2.75, 3.05) is 46.0 Å². The van der Waals surface area contributed by atoms with Gasteiger partial charge < -0.3 is 14.4 Å². The molecule has 0 aliphatic carbocycles. The van der Waals surface area contributed by atoms with Crippen LogP contribution in [-0.2, 0) is 9.53 Å².